The molecule has 1 aromatic rings. The van der Waals surface area contributed by atoms with Crippen molar-refractivity contribution in [1.82, 2.24) is 5.32 Å². The predicted molar refractivity (Wildman–Crippen MR) is 67.5 cm³/mol. The Morgan fingerprint density at radius 2 is 2.35 bits per heavy atom. The van der Waals surface area contributed by atoms with Gasteiger partial charge in [-0.05, 0) is 12.0 Å². The van der Waals surface area contributed by atoms with Crippen LogP contribution in [0.25, 0.3) is 0 Å². The van der Waals surface area contributed by atoms with Crippen LogP contribution >= 0.6 is 0 Å². The summed E-state index contributed by atoms with van der Waals surface area (Å²) in [7, 11) is 0. The lowest BCUT2D eigenvalue weighted by Gasteiger charge is -2.13. The van der Waals surface area contributed by atoms with Gasteiger partial charge in [0.25, 0.3) is 5.69 Å². The van der Waals surface area contributed by atoms with E-state index in [1.165, 1.54) is 6.07 Å². The fraction of sp³-hybridized carbons (Fsp3) is 0.385. The molecule has 0 saturated carbocycles. The summed E-state index contributed by atoms with van der Waals surface area (Å²) in [4.78, 5) is 10.2. The first-order valence-electron chi connectivity index (χ1n) is 5.57. The molecule has 1 unspecified atom stereocenters. The molecule has 0 amide bonds. The molecular formula is C13H16N2O2. The van der Waals surface area contributed by atoms with E-state index in [0.29, 0.717) is 13.0 Å². The van der Waals surface area contributed by atoms with Crippen molar-refractivity contribution in [3.05, 3.63) is 39.9 Å². The van der Waals surface area contributed by atoms with Gasteiger partial charge in [-0.25, -0.2) is 0 Å². The molecular weight excluding hydrogens is 216 g/mol. The lowest BCUT2D eigenvalue weighted by Crippen LogP contribution is -2.27. The third-order valence-electron chi connectivity index (χ3n) is 2.57. The quantitative estimate of drug-likeness (QED) is 0.465. The van der Waals surface area contributed by atoms with E-state index >= 15 is 0 Å². The third kappa shape index (κ3) is 4.25. The minimum Gasteiger partial charge on any atom is -0.309 e. The number of nitro groups is 1. The van der Waals surface area contributed by atoms with Crippen LogP contribution in [0.1, 0.15) is 25.3 Å². The van der Waals surface area contributed by atoms with Crippen LogP contribution in [0.4, 0.5) is 5.69 Å². The summed E-state index contributed by atoms with van der Waals surface area (Å²) in [5, 5.41) is 13.9. The number of non-ortho nitro benzene ring substituents is 1. The van der Waals surface area contributed by atoms with Gasteiger partial charge in [0, 0.05) is 31.1 Å². The molecule has 1 N–H and O–H groups in total. The van der Waals surface area contributed by atoms with Crippen molar-refractivity contribution in [3.8, 4) is 12.3 Å². The van der Waals surface area contributed by atoms with Crippen molar-refractivity contribution in [2.45, 2.75) is 32.4 Å². The molecule has 1 aromatic carbocycles. The van der Waals surface area contributed by atoms with E-state index in [1.807, 2.05) is 6.07 Å². The summed E-state index contributed by atoms with van der Waals surface area (Å²) in [6.07, 6.45) is 6.87. The molecule has 90 valence electrons. The summed E-state index contributed by atoms with van der Waals surface area (Å²) < 4.78 is 0. The Morgan fingerprint density at radius 3 is 2.94 bits per heavy atom. The minimum atomic E-state index is -0.387. The van der Waals surface area contributed by atoms with Gasteiger partial charge in [-0.3, -0.25) is 10.1 Å². The van der Waals surface area contributed by atoms with Crippen LogP contribution in [-0.2, 0) is 6.54 Å². The second-order valence-electron chi connectivity index (χ2n) is 3.82. The Balaban J connectivity index is 2.60. The van der Waals surface area contributed by atoms with Crippen LogP contribution in [0, 0.1) is 22.5 Å². The Morgan fingerprint density at radius 1 is 1.59 bits per heavy atom. The molecule has 1 atom stereocenters. The van der Waals surface area contributed by atoms with Crippen molar-refractivity contribution >= 4 is 5.69 Å². The Labute approximate surface area is 101 Å². The smallest absolute Gasteiger partial charge is 0.269 e. The topological polar surface area (TPSA) is 55.2 Å². The van der Waals surface area contributed by atoms with Crippen LogP contribution in [0.2, 0.25) is 0 Å². The van der Waals surface area contributed by atoms with E-state index in [9.17, 15) is 10.1 Å². The van der Waals surface area contributed by atoms with Gasteiger partial charge >= 0.3 is 0 Å². The number of rotatable bonds is 6. The van der Waals surface area contributed by atoms with Crippen molar-refractivity contribution in [1.29, 1.82) is 0 Å². The Bertz CT molecular complexity index is 424. The molecule has 0 aliphatic heterocycles. The molecule has 0 spiro atoms. The highest BCUT2D eigenvalue weighted by Crippen LogP contribution is 2.13. The number of nitrogens with zero attached hydrogens (tertiary/aromatic N) is 1. The molecule has 4 heteroatoms. The molecule has 4 nitrogen and oxygen atoms in total. The van der Waals surface area contributed by atoms with Crippen molar-refractivity contribution < 1.29 is 4.92 Å². The highest BCUT2D eigenvalue weighted by molar-refractivity contribution is 5.34. The molecule has 17 heavy (non-hydrogen) atoms. The summed E-state index contributed by atoms with van der Waals surface area (Å²) in [5.41, 5.74) is 1.02. The van der Waals surface area contributed by atoms with Gasteiger partial charge in [0.15, 0.2) is 0 Å². The molecule has 0 saturated heterocycles. The van der Waals surface area contributed by atoms with Crippen LogP contribution < -0.4 is 5.32 Å². The lowest BCUT2D eigenvalue weighted by atomic mass is 10.1. The maximum atomic E-state index is 10.6. The molecule has 0 aliphatic rings. The zero-order chi connectivity index (χ0) is 12.7. The van der Waals surface area contributed by atoms with Gasteiger partial charge in [-0.2, -0.15) is 0 Å². The zero-order valence-corrected chi connectivity index (χ0v) is 9.85. The molecule has 1 rings (SSSR count). The number of hydrogen-bond acceptors (Lipinski definition) is 3. The van der Waals surface area contributed by atoms with Crippen molar-refractivity contribution in [3.63, 3.8) is 0 Å². The third-order valence-corrected chi connectivity index (χ3v) is 2.57. The Kier molecular flexibility index (Phi) is 5.18. The monoisotopic (exact) mass is 232 g/mol. The molecule has 0 aliphatic carbocycles. The SMILES string of the molecule is C#CCC(CC)NCc1cccc([N+](=O)[O-])c1. The van der Waals surface area contributed by atoms with E-state index in [-0.39, 0.29) is 16.7 Å². The number of hydrogen-bond donors (Lipinski definition) is 1. The fourth-order valence-corrected chi connectivity index (χ4v) is 1.55. The first-order chi connectivity index (χ1) is 8.17. The van der Waals surface area contributed by atoms with E-state index in [0.717, 1.165) is 12.0 Å². The first kappa shape index (κ1) is 13.2. The van der Waals surface area contributed by atoms with Gasteiger partial charge in [0.05, 0.1) is 4.92 Å². The normalized spacial score (nSPS) is 11.8. The largest absolute Gasteiger partial charge is 0.309 e. The molecule has 0 radical (unpaired) electrons. The standard InChI is InChI=1S/C13H16N2O2/c1-3-6-12(4-2)14-10-11-7-5-8-13(9-11)15(16)17/h1,5,7-9,12,14H,4,6,10H2,2H3. The summed E-state index contributed by atoms with van der Waals surface area (Å²) in [5.74, 6) is 2.61. The minimum absolute atomic E-state index is 0.120. The first-order valence-corrected chi connectivity index (χ1v) is 5.57. The van der Waals surface area contributed by atoms with Gasteiger partial charge in [-0.15, -0.1) is 12.3 Å². The van der Waals surface area contributed by atoms with Gasteiger partial charge in [-0.1, -0.05) is 19.1 Å². The van der Waals surface area contributed by atoms with Crippen LogP contribution in [0.5, 0.6) is 0 Å². The van der Waals surface area contributed by atoms with Crippen LogP contribution in [0.3, 0.4) is 0 Å². The lowest BCUT2D eigenvalue weighted by molar-refractivity contribution is -0.384. The summed E-state index contributed by atoms with van der Waals surface area (Å²) >= 11 is 0. The average Bonchev–Trinajstić information content (AvgIpc) is 2.34. The second-order valence-corrected chi connectivity index (χ2v) is 3.82. The maximum Gasteiger partial charge on any atom is 0.269 e. The Hall–Kier alpha value is -1.86. The van der Waals surface area contributed by atoms with Crippen LogP contribution in [0.15, 0.2) is 24.3 Å². The van der Waals surface area contributed by atoms with E-state index in [2.05, 4.69) is 18.2 Å². The van der Waals surface area contributed by atoms with Crippen molar-refractivity contribution in [2.24, 2.45) is 0 Å². The highest BCUT2D eigenvalue weighted by Gasteiger charge is 2.07. The number of nitrogens with one attached hydrogen (secondary N) is 1. The maximum absolute atomic E-state index is 10.6. The fourth-order valence-electron chi connectivity index (χ4n) is 1.55. The van der Waals surface area contributed by atoms with Crippen LogP contribution in [-0.4, -0.2) is 11.0 Å². The van der Waals surface area contributed by atoms with E-state index in [4.69, 9.17) is 6.42 Å². The van der Waals surface area contributed by atoms with E-state index in [1.54, 1.807) is 12.1 Å². The summed E-state index contributed by atoms with van der Waals surface area (Å²) in [6.45, 7) is 2.66. The summed E-state index contributed by atoms with van der Waals surface area (Å²) in [6, 6.07) is 6.89. The number of nitro benzene ring substituents is 1. The molecule has 0 fully saturated rings. The number of benzene rings is 1. The number of terminal acetylenes is 1. The van der Waals surface area contributed by atoms with Crippen molar-refractivity contribution in [2.75, 3.05) is 0 Å². The van der Waals surface area contributed by atoms with Gasteiger partial charge < -0.3 is 5.32 Å². The molecule has 0 heterocycles. The average molecular weight is 232 g/mol. The highest BCUT2D eigenvalue weighted by atomic mass is 16.6. The predicted octanol–water partition coefficient (Wildman–Crippen LogP) is 2.49. The van der Waals surface area contributed by atoms with Gasteiger partial charge in [0.1, 0.15) is 0 Å². The van der Waals surface area contributed by atoms with E-state index < -0.39 is 0 Å². The molecule has 0 bridgehead atoms. The second kappa shape index (κ2) is 6.66. The van der Waals surface area contributed by atoms with Gasteiger partial charge in [0.2, 0.25) is 0 Å². The zero-order valence-electron chi connectivity index (χ0n) is 9.85. The molecule has 0 aromatic heterocycles.